The van der Waals surface area contributed by atoms with Gasteiger partial charge in [0.2, 0.25) is 5.88 Å². The molecule has 3 heterocycles. The van der Waals surface area contributed by atoms with Gasteiger partial charge < -0.3 is 9.64 Å². The van der Waals surface area contributed by atoms with Crippen LogP contribution in [0.2, 0.25) is 0 Å². The fourth-order valence-electron chi connectivity index (χ4n) is 2.73. The van der Waals surface area contributed by atoms with Crippen LogP contribution in [0.15, 0.2) is 23.7 Å². The van der Waals surface area contributed by atoms with Gasteiger partial charge in [-0.25, -0.2) is 9.97 Å². The number of hydrogen-bond acceptors (Lipinski definition) is 5. The van der Waals surface area contributed by atoms with Gasteiger partial charge in [0.15, 0.2) is 0 Å². The number of likely N-dealkylation sites (tertiary alicyclic amines) is 1. The van der Waals surface area contributed by atoms with Crippen molar-refractivity contribution in [3.05, 3.63) is 40.0 Å². The van der Waals surface area contributed by atoms with E-state index in [1.807, 2.05) is 11.8 Å². The van der Waals surface area contributed by atoms with Gasteiger partial charge in [-0.3, -0.25) is 4.79 Å². The predicted octanol–water partition coefficient (Wildman–Crippen LogP) is 2.87. The maximum absolute atomic E-state index is 12.6. The predicted molar refractivity (Wildman–Crippen MR) is 85.5 cm³/mol. The van der Waals surface area contributed by atoms with Crippen LogP contribution in [0.5, 0.6) is 5.88 Å². The Morgan fingerprint density at radius 2 is 2.32 bits per heavy atom. The van der Waals surface area contributed by atoms with Crippen LogP contribution in [0, 0.1) is 6.92 Å². The molecule has 0 radical (unpaired) electrons. The van der Waals surface area contributed by atoms with Gasteiger partial charge >= 0.3 is 0 Å². The number of carbonyl (C=O) groups excluding carboxylic acids is 1. The number of carbonyl (C=O) groups is 1. The lowest BCUT2D eigenvalue weighted by molar-refractivity contribution is 0.0706. The first-order valence-electron chi connectivity index (χ1n) is 7.38. The number of aromatic nitrogens is 2. The van der Waals surface area contributed by atoms with Crippen LogP contribution in [0.1, 0.15) is 39.8 Å². The third-order valence-corrected chi connectivity index (χ3v) is 5.01. The second kappa shape index (κ2) is 6.44. The molecule has 2 aromatic rings. The van der Waals surface area contributed by atoms with Gasteiger partial charge in [0.1, 0.15) is 0 Å². The van der Waals surface area contributed by atoms with Crippen molar-refractivity contribution in [2.24, 2.45) is 0 Å². The molecule has 0 bridgehead atoms. The molecule has 22 heavy (non-hydrogen) atoms. The number of piperidine rings is 1. The molecule has 5 nitrogen and oxygen atoms in total. The van der Waals surface area contributed by atoms with Crippen LogP contribution >= 0.6 is 11.3 Å². The minimum Gasteiger partial charge on any atom is -0.481 e. The van der Waals surface area contributed by atoms with E-state index in [2.05, 4.69) is 15.3 Å². The lowest BCUT2D eigenvalue weighted by atomic mass is 9.98. The molecule has 0 N–H and O–H groups in total. The van der Waals surface area contributed by atoms with Crippen LogP contribution in [-0.2, 0) is 0 Å². The fourth-order valence-corrected chi connectivity index (χ4v) is 3.66. The standard InChI is InChI=1S/C16H19N3O2S/c1-11-10-22-15(18-11)13-4-3-7-19(9-13)16(20)12-5-6-14(21-2)17-8-12/h5-6,8,10,13H,3-4,7,9H2,1-2H3/t13-/m0/s1. The van der Waals surface area contributed by atoms with Crippen LogP contribution < -0.4 is 4.74 Å². The van der Waals surface area contributed by atoms with E-state index in [1.54, 1.807) is 36.8 Å². The van der Waals surface area contributed by atoms with Crippen molar-refractivity contribution in [3.63, 3.8) is 0 Å². The molecule has 1 amide bonds. The first kappa shape index (κ1) is 15.0. The van der Waals surface area contributed by atoms with Crippen molar-refractivity contribution >= 4 is 17.2 Å². The number of pyridine rings is 1. The molecule has 6 heteroatoms. The number of rotatable bonds is 3. The molecule has 0 aromatic carbocycles. The Bertz CT molecular complexity index is 654. The minimum absolute atomic E-state index is 0.0353. The maximum Gasteiger partial charge on any atom is 0.255 e. The topological polar surface area (TPSA) is 55.3 Å². The highest BCUT2D eigenvalue weighted by molar-refractivity contribution is 7.09. The Labute approximate surface area is 134 Å². The number of nitrogens with zero attached hydrogens (tertiary/aromatic N) is 3. The average molecular weight is 317 g/mol. The van der Waals surface area contributed by atoms with E-state index in [0.29, 0.717) is 17.4 Å². The Kier molecular flexibility index (Phi) is 4.38. The molecule has 1 aliphatic rings. The van der Waals surface area contributed by atoms with Gasteiger partial charge in [-0.2, -0.15) is 0 Å². The molecule has 3 rings (SSSR count). The summed E-state index contributed by atoms with van der Waals surface area (Å²) in [5.74, 6) is 0.905. The smallest absolute Gasteiger partial charge is 0.255 e. The first-order valence-corrected chi connectivity index (χ1v) is 8.26. The van der Waals surface area contributed by atoms with Crippen molar-refractivity contribution in [3.8, 4) is 5.88 Å². The van der Waals surface area contributed by atoms with Crippen molar-refractivity contribution in [2.45, 2.75) is 25.7 Å². The third kappa shape index (κ3) is 3.11. The van der Waals surface area contributed by atoms with Crippen LogP contribution in [0.4, 0.5) is 0 Å². The zero-order valence-electron chi connectivity index (χ0n) is 12.8. The SMILES string of the molecule is COc1ccc(C(=O)N2CCC[C@H](c3nc(C)cs3)C2)cn1. The number of amides is 1. The van der Waals surface area contributed by atoms with Gasteiger partial charge in [-0.15, -0.1) is 11.3 Å². The largest absolute Gasteiger partial charge is 0.481 e. The summed E-state index contributed by atoms with van der Waals surface area (Å²) in [5.41, 5.74) is 1.67. The Balaban J connectivity index is 1.71. The number of methoxy groups -OCH3 is 1. The minimum atomic E-state index is 0.0353. The summed E-state index contributed by atoms with van der Waals surface area (Å²) in [6.45, 7) is 3.54. The van der Waals surface area contributed by atoms with Gasteiger partial charge in [-0.05, 0) is 25.8 Å². The highest BCUT2D eigenvalue weighted by Crippen LogP contribution is 2.29. The molecular weight excluding hydrogens is 298 g/mol. The molecule has 1 saturated heterocycles. The molecule has 1 atom stereocenters. The van der Waals surface area contributed by atoms with Gasteiger partial charge in [0, 0.05) is 42.3 Å². The molecule has 0 unspecified atom stereocenters. The average Bonchev–Trinajstić information content (AvgIpc) is 3.01. The van der Waals surface area contributed by atoms with Crippen molar-refractivity contribution < 1.29 is 9.53 Å². The zero-order chi connectivity index (χ0) is 15.5. The first-order chi connectivity index (χ1) is 10.7. The second-order valence-corrected chi connectivity index (χ2v) is 6.40. The van der Waals surface area contributed by atoms with Gasteiger partial charge in [0.05, 0.1) is 17.7 Å². The molecule has 116 valence electrons. The highest BCUT2D eigenvalue weighted by atomic mass is 32.1. The molecule has 1 fully saturated rings. The maximum atomic E-state index is 12.6. The molecule has 0 spiro atoms. The summed E-state index contributed by atoms with van der Waals surface area (Å²) in [6.07, 6.45) is 3.69. The summed E-state index contributed by atoms with van der Waals surface area (Å²) < 4.78 is 5.03. The van der Waals surface area contributed by atoms with Crippen molar-refractivity contribution in [1.29, 1.82) is 0 Å². The summed E-state index contributed by atoms with van der Waals surface area (Å²) in [7, 11) is 1.56. The summed E-state index contributed by atoms with van der Waals surface area (Å²) in [6, 6.07) is 3.49. The molecule has 0 aliphatic carbocycles. The van der Waals surface area contributed by atoms with E-state index in [0.717, 1.165) is 36.6 Å². The number of aryl methyl sites for hydroxylation is 1. The van der Waals surface area contributed by atoms with E-state index >= 15 is 0 Å². The molecule has 2 aromatic heterocycles. The zero-order valence-corrected chi connectivity index (χ0v) is 13.6. The number of ether oxygens (including phenoxy) is 1. The number of hydrogen-bond donors (Lipinski definition) is 0. The van der Waals surface area contributed by atoms with Gasteiger partial charge in [0.25, 0.3) is 5.91 Å². The molecular formula is C16H19N3O2S. The lowest BCUT2D eigenvalue weighted by Crippen LogP contribution is -2.39. The Morgan fingerprint density at radius 1 is 1.45 bits per heavy atom. The van der Waals surface area contributed by atoms with Crippen molar-refractivity contribution in [2.75, 3.05) is 20.2 Å². The van der Waals surface area contributed by atoms with E-state index in [4.69, 9.17) is 4.74 Å². The summed E-state index contributed by atoms with van der Waals surface area (Å²) >= 11 is 1.69. The van der Waals surface area contributed by atoms with Gasteiger partial charge in [-0.1, -0.05) is 0 Å². The monoisotopic (exact) mass is 317 g/mol. The second-order valence-electron chi connectivity index (χ2n) is 5.51. The quantitative estimate of drug-likeness (QED) is 0.873. The molecule has 1 aliphatic heterocycles. The van der Waals surface area contributed by atoms with E-state index in [1.165, 1.54) is 0 Å². The highest BCUT2D eigenvalue weighted by Gasteiger charge is 2.27. The Hall–Kier alpha value is -1.95. The van der Waals surface area contributed by atoms with E-state index in [9.17, 15) is 4.79 Å². The van der Waals surface area contributed by atoms with Crippen LogP contribution in [0.25, 0.3) is 0 Å². The van der Waals surface area contributed by atoms with E-state index < -0.39 is 0 Å². The number of thiazole rings is 1. The van der Waals surface area contributed by atoms with Crippen LogP contribution in [-0.4, -0.2) is 41.0 Å². The molecule has 0 saturated carbocycles. The Morgan fingerprint density at radius 3 is 2.95 bits per heavy atom. The van der Waals surface area contributed by atoms with E-state index in [-0.39, 0.29) is 5.91 Å². The van der Waals surface area contributed by atoms with Crippen LogP contribution in [0.3, 0.4) is 0 Å². The summed E-state index contributed by atoms with van der Waals surface area (Å²) in [4.78, 5) is 23.2. The fraction of sp³-hybridized carbons (Fsp3) is 0.438. The summed E-state index contributed by atoms with van der Waals surface area (Å²) in [5, 5.41) is 3.21. The third-order valence-electron chi connectivity index (χ3n) is 3.89. The normalized spacial score (nSPS) is 18.3. The van der Waals surface area contributed by atoms with Crippen molar-refractivity contribution in [1.82, 2.24) is 14.9 Å². The lowest BCUT2D eigenvalue weighted by Gasteiger charge is -2.31.